The Balaban J connectivity index is 1.68. The molecule has 0 saturated carbocycles. The molecule has 0 aliphatic carbocycles. The van der Waals surface area contributed by atoms with E-state index in [2.05, 4.69) is 10.6 Å². The molecule has 0 spiro atoms. The van der Waals surface area contributed by atoms with Crippen molar-refractivity contribution in [1.29, 1.82) is 0 Å². The van der Waals surface area contributed by atoms with Crippen molar-refractivity contribution in [3.05, 3.63) is 95.6 Å². The number of hydrogen-bond acceptors (Lipinski definition) is 3. The van der Waals surface area contributed by atoms with Gasteiger partial charge in [0.25, 0.3) is 11.8 Å². The molecule has 0 aliphatic rings. The highest BCUT2D eigenvalue weighted by atomic mass is 16.5. The molecule has 0 bridgehead atoms. The third kappa shape index (κ3) is 5.70. The number of aryl methyl sites for hydroxylation is 1. The number of carbonyl (C=O) groups is 2. The van der Waals surface area contributed by atoms with E-state index >= 15 is 0 Å². The van der Waals surface area contributed by atoms with Crippen LogP contribution in [0, 0.1) is 6.92 Å². The van der Waals surface area contributed by atoms with E-state index in [9.17, 15) is 9.59 Å². The normalized spacial score (nSPS) is 11.4. The first-order valence-corrected chi connectivity index (χ1v) is 10.0. The molecule has 1 unspecified atom stereocenters. The average Bonchev–Trinajstić information content (AvgIpc) is 2.77. The van der Waals surface area contributed by atoms with Gasteiger partial charge < -0.3 is 15.4 Å². The van der Waals surface area contributed by atoms with Crippen LogP contribution >= 0.6 is 0 Å². The number of para-hydroxylation sites is 1. The zero-order valence-electron chi connectivity index (χ0n) is 17.2. The van der Waals surface area contributed by atoms with Gasteiger partial charge in [0.05, 0.1) is 11.3 Å². The number of hydrogen-bond donors (Lipinski definition) is 2. The number of benzene rings is 3. The Labute approximate surface area is 177 Å². The highest BCUT2D eigenvalue weighted by Crippen LogP contribution is 2.19. The molecule has 3 rings (SSSR count). The summed E-state index contributed by atoms with van der Waals surface area (Å²) in [4.78, 5) is 25.5. The van der Waals surface area contributed by atoms with E-state index in [-0.39, 0.29) is 11.8 Å². The van der Waals surface area contributed by atoms with Gasteiger partial charge in [-0.05, 0) is 48.7 Å². The fourth-order valence-corrected chi connectivity index (χ4v) is 3.05. The lowest BCUT2D eigenvalue weighted by atomic mass is 10.1. The molecule has 0 saturated heterocycles. The quantitative estimate of drug-likeness (QED) is 0.573. The first kappa shape index (κ1) is 21.1. The molecule has 3 aromatic carbocycles. The lowest BCUT2D eigenvalue weighted by molar-refractivity contribution is -0.122. The molecule has 2 N–H and O–H groups in total. The number of carbonyl (C=O) groups excluding carboxylic acids is 2. The fraction of sp³-hybridized carbons (Fsp3) is 0.200. The summed E-state index contributed by atoms with van der Waals surface area (Å²) < 4.78 is 5.87. The Morgan fingerprint density at radius 3 is 2.40 bits per heavy atom. The van der Waals surface area contributed by atoms with E-state index in [4.69, 9.17) is 4.74 Å². The smallest absolute Gasteiger partial charge is 0.265 e. The van der Waals surface area contributed by atoms with Gasteiger partial charge in [-0.1, -0.05) is 61.5 Å². The maximum absolute atomic E-state index is 12.8. The minimum Gasteiger partial charge on any atom is -0.481 e. The van der Waals surface area contributed by atoms with Crippen molar-refractivity contribution in [3.8, 4) is 5.75 Å². The van der Waals surface area contributed by atoms with Crippen LogP contribution in [-0.4, -0.2) is 17.9 Å². The number of ether oxygens (including phenoxy) is 1. The summed E-state index contributed by atoms with van der Waals surface area (Å²) in [5, 5.41) is 5.75. The molecule has 0 aromatic heterocycles. The van der Waals surface area contributed by atoms with Crippen molar-refractivity contribution in [2.45, 2.75) is 32.9 Å². The second-order valence-electron chi connectivity index (χ2n) is 7.03. The van der Waals surface area contributed by atoms with Gasteiger partial charge in [-0.2, -0.15) is 0 Å². The van der Waals surface area contributed by atoms with Gasteiger partial charge >= 0.3 is 0 Å². The van der Waals surface area contributed by atoms with E-state index < -0.39 is 6.10 Å². The summed E-state index contributed by atoms with van der Waals surface area (Å²) in [5.41, 5.74) is 2.93. The summed E-state index contributed by atoms with van der Waals surface area (Å²) in [6, 6.07) is 24.2. The van der Waals surface area contributed by atoms with Crippen LogP contribution in [-0.2, 0) is 11.3 Å². The van der Waals surface area contributed by atoms with Gasteiger partial charge in [-0.3, -0.25) is 9.59 Å². The molecule has 5 nitrogen and oxygen atoms in total. The fourth-order valence-electron chi connectivity index (χ4n) is 3.05. The van der Waals surface area contributed by atoms with E-state index in [1.807, 2.05) is 68.4 Å². The van der Waals surface area contributed by atoms with Gasteiger partial charge in [0, 0.05) is 6.54 Å². The van der Waals surface area contributed by atoms with Crippen molar-refractivity contribution in [3.63, 3.8) is 0 Å². The second kappa shape index (κ2) is 10.3. The lowest BCUT2D eigenvalue weighted by Crippen LogP contribution is -2.33. The molecule has 1 atom stereocenters. The zero-order valence-corrected chi connectivity index (χ0v) is 17.2. The molecule has 2 amide bonds. The van der Waals surface area contributed by atoms with Gasteiger partial charge in [-0.25, -0.2) is 0 Å². The van der Waals surface area contributed by atoms with Crippen LogP contribution in [0.25, 0.3) is 0 Å². The predicted molar refractivity (Wildman–Crippen MR) is 119 cm³/mol. The maximum atomic E-state index is 12.8. The number of amides is 2. The molecule has 30 heavy (non-hydrogen) atoms. The highest BCUT2D eigenvalue weighted by Gasteiger charge is 2.21. The summed E-state index contributed by atoms with van der Waals surface area (Å²) in [6.07, 6.45) is -0.158. The van der Waals surface area contributed by atoms with Gasteiger partial charge in [0.2, 0.25) is 0 Å². The Morgan fingerprint density at radius 2 is 1.67 bits per heavy atom. The Hall–Kier alpha value is -3.60. The topological polar surface area (TPSA) is 67.4 Å². The predicted octanol–water partition coefficient (Wildman–Crippen LogP) is 4.72. The first-order chi connectivity index (χ1) is 14.6. The highest BCUT2D eigenvalue weighted by molar-refractivity contribution is 6.04. The van der Waals surface area contributed by atoms with E-state index in [1.54, 1.807) is 24.3 Å². The van der Waals surface area contributed by atoms with Crippen LogP contribution in [0.15, 0.2) is 78.9 Å². The SMILES string of the molecule is CCC(Oc1cccc(C)c1)C(=O)Nc1ccccc1C(=O)NCc1ccccc1. The number of rotatable bonds is 8. The van der Waals surface area contributed by atoms with E-state index in [0.29, 0.717) is 30.0 Å². The zero-order chi connectivity index (χ0) is 21.3. The summed E-state index contributed by atoms with van der Waals surface area (Å²) >= 11 is 0. The average molecular weight is 402 g/mol. The largest absolute Gasteiger partial charge is 0.481 e. The minimum absolute atomic E-state index is 0.248. The molecule has 0 fully saturated rings. The Kier molecular flexibility index (Phi) is 7.22. The van der Waals surface area contributed by atoms with Crippen LogP contribution in [0.1, 0.15) is 34.8 Å². The van der Waals surface area contributed by atoms with Crippen molar-refractivity contribution in [2.75, 3.05) is 5.32 Å². The van der Waals surface area contributed by atoms with Crippen molar-refractivity contribution >= 4 is 17.5 Å². The molecule has 0 aliphatic heterocycles. The molecule has 3 aromatic rings. The monoisotopic (exact) mass is 402 g/mol. The Bertz CT molecular complexity index is 1000. The minimum atomic E-state index is -0.660. The third-order valence-corrected chi connectivity index (χ3v) is 4.66. The molecule has 0 radical (unpaired) electrons. The van der Waals surface area contributed by atoms with Crippen molar-refractivity contribution in [1.82, 2.24) is 5.32 Å². The second-order valence-corrected chi connectivity index (χ2v) is 7.03. The van der Waals surface area contributed by atoms with Crippen LogP contribution in [0.3, 0.4) is 0 Å². The first-order valence-electron chi connectivity index (χ1n) is 10.0. The lowest BCUT2D eigenvalue weighted by Gasteiger charge is -2.19. The molecular formula is C25H26N2O3. The summed E-state index contributed by atoms with van der Waals surface area (Å²) in [5.74, 6) is 0.107. The summed E-state index contributed by atoms with van der Waals surface area (Å²) in [6.45, 7) is 4.27. The number of nitrogens with one attached hydrogen (secondary N) is 2. The van der Waals surface area contributed by atoms with E-state index in [0.717, 1.165) is 11.1 Å². The third-order valence-electron chi connectivity index (χ3n) is 4.66. The van der Waals surface area contributed by atoms with Crippen LogP contribution in [0.2, 0.25) is 0 Å². The van der Waals surface area contributed by atoms with Gasteiger partial charge in [-0.15, -0.1) is 0 Å². The molecular weight excluding hydrogens is 376 g/mol. The van der Waals surface area contributed by atoms with Gasteiger partial charge in [0.1, 0.15) is 5.75 Å². The van der Waals surface area contributed by atoms with Crippen LogP contribution in [0.5, 0.6) is 5.75 Å². The van der Waals surface area contributed by atoms with Crippen LogP contribution < -0.4 is 15.4 Å². The molecule has 0 heterocycles. The van der Waals surface area contributed by atoms with Crippen molar-refractivity contribution < 1.29 is 14.3 Å². The van der Waals surface area contributed by atoms with Gasteiger partial charge in [0.15, 0.2) is 6.10 Å². The van der Waals surface area contributed by atoms with Crippen molar-refractivity contribution in [2.24, 2.45) is 0 Å². The molecule has 154 valence electrons. The standard InChI is InChI=1S/C25H26N2O3/c1-3-23(30-20-13-9-10-18(2)16-20)25(29)27-22-15-8-7-14-21(22)24(28)26-17-19-11-5-4-6-12-19/h4-16,23H,3,17H2,1-2H3,(H,26,28)(H,27,29). The maximum Gasteiger partial charge on any atom is 0.265 e. The Morgan fingerprint density at radius 1 is 0.933 bits per heavy atom. The summed E-state index contributed by atoms with van der Waals surface area (Å²) in [7, 11) is 0. The molecule has 5 heteroatoms. The van der Waals surface area contributed by atoms with E-state index in [1.165, 1.54) is 0 Å². The van der Waals surface area contributed by atoms with Crippen LogP contribution in [0.4, 0.5) is 5.69 Å². The number of anilines is 1.